The molecule has 0 saturated heterocycles. The number of ether oxygens (including phenoxy) is 1. The molecule has 8 heteroatoms. The lowest BCUT2D eigenvalue weighted by atomic mass is 10.2. The minimum absolute atomic E-state index is 0.181. The molecule has 0 aliphatic rings. The molecule has 3 aromatic heterocycles. The number of hydrogen-bond donors (Lipinski definition) is 2. The zero-order valence-electron chi connectivity index (χ0n) is 14.4. The van der Waals surface area contributed by atoms with Gasteiger partial charge in [0.05, 0.1) is 19.0 Å². The molecule has 0 aliphatic carbocycles. The van der Waals surface area contributed by atoms with Gasteiger partial charge < -0.3 is 10.1 Å². The highest BCUT2D eigenvalue weighted by atomic mass is 19.1. The van der Waals surface area contributed by atoms with Gasteiger partial charge in [0.25, 0.3) is 5.91 Å². The number of hydrogen-bond acceptors (Lipinski definition) is 4. The lowest BCUT2D eigenvalue weighted by molar-refractivity contribution is 0.0945. The highest BCUT2D eigenvalue weighted by Gasteiger charge is 2.13. The quantitative estimate of drug-likeness (QED) is 0.570. The van der Waals surface area contributed by atoms with Gasteiger partial charge in [-0.3, -0.25) is 14.3 Å². The van der Waals surface area contributed by atoms with E-state index in [4.69, 9.17) is 4.74 Å². The van der Waals surface area contributed by atoms with Crippen LogP contribution in [0.2, 0.25) is 0 Å². The van der Waals surface area contributed by atoms with Crippen LogP contribution in [0, 0.1) is 5.82 Å². The predicted molar refractivity (Wildman–Crippen MR) is 96.9 cm³/mol. The highest BCUT2D eigenvalue weighted by molar-refractivity contribution is 5.93. The van der Waals surface area contributed by atoms with Crippen LogP contribution in [-0.4, -0.2) is 32.6 Å². The van der Waals surface area contributed by atoms with E-state index in [1.807, 2.05) is 6.07 Å². The number of methoxy groups -OCH3 is 1. The Bertz CT molecular complexity index is 1100. The minimum atomic E-state index is -0.414. The van der Waals surface area contributed by atoms with Gasteiger partial charge in [-0.05, 0) is 35.9 Å². The second kappa shape index (κ2) is 6.91. The fourth-order valence-electron chi connectivity index (χ4n) is 2.84. The van der Waals surface area contributed by atoms with Crippen LogP contribution < -0.4 is 10.1 Å². The molecule has 0 bridgehead atoms. The summed E-state index contributed by atoms with van der Waals surface area (Å²) in [6.45, 7) is 0.181. The molecule has 0 atom stereocenters. The Hall–Kier alpha value is -3.68. The number of H-pyrrole nitrogens is 1. The molecule has 3 heterocycles. The number of carbonyl (C=O) groups is 1. The van der Waals surface area contributed by atoms with Crippen molar-refractivity contribution in [2.45, 2.75) is 6.54 Å². The molecule has 0 radical (unpaired) electrons. The number of nitrogens with one attached hydrogen (secondary N) is 2. The molecule has 4 rings (SSSR count). The molecule has 7 nitrogen and oxygen atoms in total. The maximum absolute atomic E-state index is 13.6. The van der Waals surface area contributed by atoms with Crippen LogP contribution in [0.1, 0.15) is 16.1 Å². The van der Waals surface area contributed by atoms with E-state index in [0.717, 1.165) is 11.3 Å². The SMILES string of the molecule is COc1cc(F)cc(CNC(=O)c2ccc3nc(-c4cn[nH]c4)ccn23)c1. The maximum Gasteiger partial charge on any atom is 0.268 e. The normalized spacial score (nSPS) is 10.9. The van der Waals surface area contributed by atoms with Gasteiger partial charge in [0.15, 0.2) is 0 Å². The molecule has 4 aromatic rings. The van der Waals surface area contributed by atoms with Crippen LogP contribution in [0.25, 0.3) is 16.9 Å². The molecular weight excluding hydrogens is 349 g/mol. The van der Waals surface area contributed by atoms with E-state index in [0.29, 0.717) is 22.7 Å². The maximum atomic E-state index is 13.6. The number of benzene rings is 1. The summed E-state index contributed by atoms with van der Waals surface area (Å²) in [6.07, 6.45) is 5.22. The Labute approximate surface area is 153 Å². The Morgan fingerprint density at radius 1 is 1.30 bits per heavy atom. The summed E-state index contributed by atoms with van der Waals surface area (Å²) in [7, 11) is 1.47. The number of aromatic nitrogens is 4. The van der Waals surface area contributed by atoms with E-state index in [-0.39, 0.29) is 12.5 Å². The van der Waals surface area contributed by atoms with Crippen molar-refractivity contribution in [2.24, 2.45) is 0 Å². The third-order valence-corrected chi connectivity index (χ3v) is 4.16. The molecule has 0 unspecified atom stereocenters. The molecule has 1 aromatic carbocycles. The van der Waals surface area contributed by atoms with Crippen molar-refractivity contribution in [3.63, 3.8) is 0 Å². The van der Waals surface area contributed by atoms with Gasteiger partial charge in [0, 0.05) is 30.6 Å². The second-order valence-corrected chi connectivity index (χ2v) is 5.93. The zero-order valence-corrected chi connectivity index (χ0v) is 14.4. The van der Waals surface area contributed by atoms with Crippen LogP contribution in [0.5, 0.6) is 5.75 Å². The summed E-state index contributed by atoms with van der Waals surface area (Å²) in [4.78, 5) is 17.1. The largest absolute Gasteiger partial charge is 0.497 e. The first-order chi connectivity index (χ1) is 13.1. The van der Waals surface area contributed by atoms with Crippen molar-refractivity contribution in [1.29, 1.82) is 0 Å². The molecule has 2 N–H and O–H groups in total. The van der Waals surface area contributed by atoms with Gasteiger partial charge in [-0.2, -0.15) is 5.10 Å². The summed E-state index contributed by atoms with van der Waals surface area (Å²) in [5, 5.41) is 9.45. The Kier molecular flexibility index (Phi) is 4.29. The monoisotopic (exact) mass is 365 g/mol. The lowest BCUT2D eigenvalue weighted by Crippen LogP contribution is -2.24. The summed E-state index contributed by atoms with van der Waals surface area (Å²) in [6, 6.07) is 9.60. The highest BCUT2D eigenvalue weighted by Crippen LogP contribution is 2.18. The van der Waals surface area contributed by atoms with Crippen LogP contribution in [0.4, 0.5) is 4.39 Å². The standard InChI is InChI=1S/C19H16FN5O2/c1-27-15-7-12(6-14(20)8-15)9-21-19(26)17-2-3-18-24-16(4-5-25(17)18)13-10-22-23-11-13/h2-8,10-11H,9H2,1H3,(H,21,26)(H,22,23). The average molecular weight is 365 g/mol. The Morgan fingerprint density at radius 3 is 2.96 bits per heavy atom. The van der Waals surface area contributed by atoms with Crippen molar-refractivity contribution in [2.75, 3.05) is 7.11 Å². The third kappa shape index (κ3) is 3.37. The minimum Gasteiger partial charge on any atom is -0.497 e. The first-order valence-corrected chi connectivity index (χ1v) is 8.23. The van der Waals surface area contributed by atoms with Crippen LogP contribution in [-0.2, 0) is 6.54 Å². The van der Waals surface area contributed by atoms with Crippen molar-refractivity contribution in [1.82, 2.24) is 24.9 Å². The van der Waals surface area contributed by atoms with Gasteiger partial charge in [0.1, 0.15) is 22.9 Å². The van der Waals surface area contributed by atoms with Gasteiger partial charge in [-0.25, -0.2) is 9.37 Å². The van der Waals surface area contributed by atoms with Crippen molar-refractivity contribution in [3.8, 4) is 17.0 Å². The first-order valence-electron chi connectivity index (χ1n) is 8.23. The summed E-state index contributed by atoms with van der Waals surface area (Å²) in [5.74, 6) is -0.290. The van der Waals surface area contributed by atoms with E-state index < -0.39 is 5.82 Å². The van der Waals surface area contributed by atoms with Gasteiger partial charge in [0.2, 0.25) is 0 Å². The summed E-state index contributed by atoms with van der Waals surface area (Å²) < 4.78 is 20.3. The number of aromatic amines is 1. The smallest absolute Gasteiger partial charge is 0.268 e. The molecule has 136 valence electrons. The zero-order chi connectivity index (χ0) is 18.8. The number of carbonyl (C=O) groups excluding carboxylic acids is 1. The van der Waals surface area contributed by atoms with E-state index in [1.165, 1.54) is 19.2 Å². The van der Waals surface area contributed by atoms with Crippen molar-refractivity contribution in [3.05, 3.63) is 72.1 Å². The van der Waals surface area contributed by atoms with Gasteiger partial charge >= 0.3 is 0 Å². The molecule has 0 saturated carbocycles. The molecule has 0 fully saturated rings. The van der Waals surface area contributed by atoms with Crippen LogP contribution in [0.15, 0.2) is 55.0 Å². The number of fused-ring (bicyclic) bond motifs is 1. The molecule has 0 spiro atoms. The first kappa shape index (κ1) is 16.8. The van der Waals surface area contributed by atoms with E-state index in [2.05, 4.69) is 20.5 Å². The average Bonchev–Trinajstić information content (AvgIpc) is 3.34. The molecule has 27 heavy (non-hydrogen) atoms. The molecule has 1 amide bonds. The fraction of sp³-hybridized carbons (Fsp3) is 0.105. The third-order valence-electron chi connectivity index (χ3n) is 4.16. The number of halogens is 1. The number of nitrogens with zero attached hydrogens (tertiary/aromatic N) is 3. The van der Waals surface area contributed by atoms with Gasteiger partial charge in [-0.15, -0.1) is 0 Å². The molecule has 0 aliphatic heterocycles. The van der Waals surface area contributed by atoms with Crippen molar-refractivity contribution < 1.29 is 13.9 Å². The summed E-state index contributed by atoms with van der Waals surface area (Å²) in [5.41, 5.74) is 3.32. The van der Waals surface area contributed by atoms with Gasteiger partial charge in [-0.1, -0.05) is 0 Å². The fourth-order valence-corrected chi connectivity index (χ4v) is 2.84. The Balaban J connectivity index is 1.54. The number of amides is 1. The van der Waals surface area contributed by atoms with Crippen LogP contribution >= 0.6 is 0 Å². The topological polar surface area (TPSA) is 84.3 Å². The lowest BCUT2D eigenvalue weighted by Gasteiger charge is -2.08. The Morgan fingerprint density at radius 2 is 2.19 bits per heavy atom. The van der Waals surface area contributed by atoms with E-state index >= 15 is 0 Å². The number of rotatable bonds is 5. The van der Waals surface area contributed by atoms with Crippen LogP contribution in [0.3, 0.4) is 0 Å². The van der Waals surface area contributed by atoms with Crippen molar-refractivity contribution >= 4 is 11.6 Å². The van der Waals surface area contributed by atoms with E-state index in [1.54, 1.807) is 41.2 Å². The molecular formula is C19H16FN5O2. The van der Waals surface area contributed by atoms with E-state index in [9.17, 15) is 9.18 Å². The summed E-state index contributed by atoms with van der Waals surface area (Å²) >= 11 is 0. The second-order valence-electron chi connectivity index (χ2n) is 5.93. The predicted octanol–water partition coefficient (Wildman–Crippen LogP) is 2.80.